The second kappa shape index (κ2) is 11.3. The highest BCUT2D eigenvalue weighted by Crippen LogP contribution is 2.39. The Kier molecular flexibility index (Phi) is 6.53. The lowest BCUT2D eigenvalue weighted by atomic mass is 9.98. The molecule has 0 saturated carbocycles. The normalized spacial score (nSPS) is 12.8. The molecule has 1 aliphatic rings. The number of aromatic nitrogens is 2. The number of hydrogen-bond acceptors (Lipinski definition) is 2. The van der Waals surface area contributed by atoms with Crippen molar-refractivity contribution in [3.63, 3.8) is 0 Å². The number of dihydropyridines is 1. The van der Waals surface area contributed by atoms with Gasteiger partial charge in [0.05, 0.1) is 16.7 Å². The van der Waals surface area contributed by atoms with Crippen molar-refractivity contribution in [2.75, 3.05) is 6.54 Å². The molecule has 0 bridgehead atoms. The van der Waals surface area contributed by atoms with E-state index < -0.39 is 0 Å². The third-order valence-corrected chi connectivity index (χ3v) is 9.27. The maximum Gasteiger partial charge on any atom is 0.0700 e. The summed E-state index contributed by atoms with van der Waals surface area (Å²) in [5.74, 6) is 0. The van der Waals surface area contributed by atoms with E-state index in [4.69, 9.17) is 4.98 Å². The molecule has 9 rings (SSSR count). The molecule has 0 spiro atoms. The topological polar surface area (TPSA) is 29.9 Å². The van der Waals surface area contributed by atoms with Crippen LogP contribution in [0, 0.1) is 0 Å². The standard InChI is InChI=1S/C44H31N3/c1-3-8-30(9-4-1)32-10-7-11-33(26-32)35-15-19-40-41-20-16-36-27-34(37-17-21-42(46-29-37)31-22-24-45-25-23-31)14-18-39(36)44(41)47(43(40)28-35)38-12-5-2-6-13-38/h1-24,26-29,45H,25H2. The van der Waals surface area contributed by atoms with Gasteiger partial charge < -0.3 is 9.88 Å². The number of hydrogen-bond donors (Lipinski definition) is 1. The Morgan fingerprint density at radius 3 is 1.98 bits per heavy atom. The molecule has 1 aliphatic heterocycles. The molecule has 1 N–H and O–H groups in total. The second-order valence-electron chi connectivity index (χ2n) is 12.1. The summed E-state index contributed by atoms with van der Waals surface area (Å²) in [6.45, 7) is 0.830. The first-order valence-electron chi connectivity index (χ1n) is 16.1. The molecule has 6 aromatic carbocycles. The van der Waals surface area contributed by atoms with Crippen LogP contribution in [0.2, 0.25) is 0 Å². The van der Waals surface area contributed by atoms with Crippen LogP contribution < -0.4 is 5.32 Å². The lowest BCUT2D eigenvalue weighted by Gasteiger charge is -2.12. The summed E-state index contributed by atoms with van der Waals surface area (Å²) in [4.78, 5) is 4.80. The summed E-state index contributed by atoms with van der Waals surface area (Å²) in [7, 11) is 0. The van der Waals surface area contributed by atoms with Crippen molar-refractivity contribution in [3.05, 3.63) is 176 Å². The first-order valence-corrected chi connectivity index (χ1v) is 16.1. The fourth-order valence-corrected chi connectivity index (χ4v) is 6.93. The number of nitrogens with zero attached hydrogens (tertiary/aromatic N) is 2. The Morgan fingerprint density at radius 2 is 1.21 bits per heavy atom. The maximum atomic E-state index is 4.80. The molecule has 0 fully saturated rings. The zero-order valence-corrected chi connectivity index (χ0v) is 25.8. The van der Waals surface area contributed by atoms with Crippen molar-refractivity contribution in [3.8, 4) is 39.1 Å². The lowest BCUT2D eigenvalue weighted by Crippen LogP contribution is -2.08. The second-order valence-corrected chi connectivity index (χ2v) is 12.1. The molecular formula is C44H31N3. The predicted octanol–water partition coefficient (Wildman–Crippen LogP) is 10.8. The van der Waals surface area contributed by atoms with Gasteiger partial charge in [-0.1, -0.05) is 115 Å². The fourth-order valence-electron chi connectivity index (χ4n) is 6.93. The summed E-state index contributed by atoms with van der Waals surface area (Å²) in [5.41, 5.74) is 12.9. The van der Waals surface area contributed by atoms with Gasteiger partial charge in [-0.3, -0.25) is 4.98 Å². The highest BCUT2D eigenvalue weighted by molar-refractivity contribution is 6.19. The van der Waals surface area contributed by atoms with Crippen molar-refractivity contribution in [1.82, 2.24) is 14.9 Å². The van der Waals surface area contributed by atoms with Gasteiger partial charge in [0.2, 0.25) is 0 Å². The van der Waals surface area contributed by atoms with Crippen molar-refractivity contribution in [2.45, 2.75) is 0 Å². The molecule has 2 aromatic heterocycles. The monoisotopic (exact) mass is 601 g/mol. The summed E-state index contributed by atoms with van der Waals surface area (Å²) in [5, 5.41) is 8.14. The minimum absolute atomic E-state index is 0.830. The number of nitrogens with one attached hydrogen (secondary N) is 1. The molecule has 0 radical (unpaired) electrons. The van der Waals surface area contributed by atoms with Gasteiger partial charge in [0.25, 0.3) is 0 Å². The number of pyridine rings is 1. The Bertz CT molecular complexity index is 2490. The summed E-state index contributed by atoms with van der Waals surface area (Å²) < 4.78 is 2.44. The van der Waals surface area contributed by atoms with Crippen LogP contribution in [0.5, 0.6) is 0 Å². The summed E-state index contributed by atoms with van der Waals surface area (Å²) >= 11 is 0. The molecule has 0 aliphatic carbocycles. The van der Waals surface area contributed by atoms with Crippen LogP contribution in [0.1, 0.15) is 5.69 Å². The Hall–Kier alpha value is -6.19. The van der Waals surface area contributed by atoms with Crippen molar-refractivity contribution in [2.24, 2.45) is 0 Å². The zero-order valence-electron chi connectivity index (χ0n) is 25.8. The average Bonchev–Trinajstić information content (AvgIpc) is 3.50. The van der Waals surface area contributed by atoms with Crippen LogP contribution >= 0.6 is 0 Å². The van der Waals surface area contributed by atoms with Crippen LogP contribution in [0.15, 0.2) is 170 Å². The van der Waals surface area contributed by atoms with E-state index in [9.17, 15) is 0 Å². The van der Waals surface area contributed by atoms with Crippen LogP contribution in [0.25, 0.3) is 77.2 Å². The number of allylic oxidation sites excluding steroid dienone is 2. The first kappa shape index (κ1) is 27.1. The van der Waals surface area contributed by atoms with Gasteiger partial charge >= 0.3 is 0 Å². The number of benzene rings is 6. The van der Waals surface area contributed by atoms with E-state index >= 15 is 0 Å². The van der Waals surface area contributed by atoms with Gasteiger partial charge in [0.1, 0.15) is 0 Å². The first-order chi connectivity index (χ1) is 23.3. The van der Waals surface area contributed by atoms with E-state index in [0.29, 0.717) is 0 Å². The zero-order chi connectivity index (χ0) is 31.2. The number of fused-ring (bicyclic) bond motifs is 5. The third-order valence-electron chi connectivity index (χ3n) is 9.27. The highest BCUT2D eigenvalue weighted by Gasteiger charge is 2.17. The van der Waals surface area contributed by atoms with E-state index in [0.717, 1.165) is 34.6 Å². The Balaban J connectivity index is 1.19. The van der Waals surface area contributed by atoms with Gasteiger partial charge in [-0.15, -0.1) is 0 Å². The van der Waals surface area contributed by atoms with Crippen molar-refractivity contribution in [1.29, 1.82) is 0 Å². The average molecular weight is 602 g/mol. The summed E-state index contributed by atoms with van der Waals surface area (Å²) in [6, 6.07) is 52.7. The van der Waals surface area contributed by atoms with Gasteiger partial charge in [-0.2, -0.15) is 0 Å². The minimum Gasteiger partial charge on any atom is -0.387 e. The fraction of sp³-hybridized carbons (Fsp3) is 0.0227. The Labute approximate surface area is 273 Å². The van der Waals surface area contributed by atoms with Crippen molar-refractivity contribution >= 4 is 38.2 Å². The smallest absolute Gasteiger partial charge is 0.0700 e. The van der Waals surface area contributed by atoms with Gasteiger partial charge in [-0.05, 0) is 87.5 Å². The van der Waals surface area contributed by atoms with E-state index in [1.165, 1.54) is 54.8 Å². The number of para-hydroxylation sites is 1. The van der Waals surface area contributed by atoms with Crippen LogP contribution in [0.4, 0.5) is 0 Å². The largest absolute Gasteiger partial charge is 0.387 e. The highest BCUT2D eigenvalue weighted by atomic mass is 15.0. The lowest BCUT2D eigenvalue weighted by molar-refractivity contribution is 0.974. The predicted molar refractivity (Wildman–Crippen MR) is 198 cm³/mol. The molecule has 0 amide bonds. The van der Waals surface area contributed by atoms with E-state index in [1.54, 1.807) is 0 Å². The molecule has 0 unspecified atom stereocenters. The molecule has 0 atom stereocenters. The molecule has 8 aromatic rings. The molecule has 47 heavy (non-hydrogen) atoms. The van der Waals surface area contributed by atoms with Crippen LogP contribution in [-0.2, 0) is 0 Å². The van der Waals surface area contributed by atoms with Crippen LogP contribution in [-0.4, -0.2) is 16.1 Å². The minimum atomic E-state index is 0.830. The summed E-state index contributed by atoms with van der Waals surface area (Å²) in [6.07, 6.45) is 8.21. The van der Waals surface area contributed by atoms with Crippen molar-refractivity contribution < 1.29 is 0 Å². The number of rotatable bonds is 5. The van der Waals surface area contributed by atoms with E-state index in [-0.39, 0.29) is 0 Å². The SMILES string of the molecule is C1=CC(c2ccc(-c3ccc4c(ccc5c6ccc(-c7cccc(-c8ccccc8)c7)cc6n(-c6ccccc6)c45)c3)cn2)=CCN1. The Morgan fingerprint density at radius 1 is 0.532 bits per heavy atom. The maximum absolute atomic E-state index is 4.80. The molecule has 3 heteroatoms. The van der Waals surface area contributed by atoms with Crippen LogP contribution in [0.3, 0.4) is 0 Å². The van der Waals surface area contributed by atoms with Gasteiger partial charge in [0.15, 0.2) is 0 Å². The van der Waals surface area contributed by atoms with Gasteiger partial charge in [0, 0.05) is 40.2 Å². The third kappa shape index (κ3) is 4.81. The van der Waals surface area contributed by atoms with E-state index in [1.807, 2.05) is 12.4 Å². The molecule has 3 nitrogen and oxygen atoms in total. The van der Waals surface area contributed by atoms with Gasteiger partial charge in [-0.25, -0.2) is 0 Å². The molecule has 3 heterocycles. The molecule has 0 saturated heterocycles. The molecular weight excluding hydrogens is 571 g/mol. The molecule has 222 valence electrons. The quantitative estimate of drug-likeness (QED) is 0.213. The van der Waals surface area contributed by atoms with E-state index in [2.05, 4.69) is 168 Å².